The number of thioether (sulfide) groups is 1. The molecule has 4 aromatic rings. The molecule has 0 radical (unpaired) electrons. The van der Waals surface area contributed by atoms with E-state index in [1.807, 2.05) is 68.4 Å². The second kappa shape index (κ2) is 11.2. The summed E-state index contributed by atoms with van der Waals surface area (Å²) in [7, 11) is 0. The molecule has 1 amide bonds. The van der Waals surface area contributed by atoms with Crippen molar-refractivity contribution in [1.29, 1.82) is 5.26 Å². The Balaban J connectivity index is 1.74. The minimum absolute atomic E-state index is 0.176. The fraction of sp³-hybridized carbons (Fsp3) is 0.138. The van der Waals surface area contributed by atoms with E-state index in [1.165, 1.54) is 11.8 Å². The summed E-state index contributed by atoms with van der Waals surface area (Å²) < 4.78 is 0. The van der Waals surface area contributed by atoms with E-state index >= 15 is 0 Å². The van der Waals surface area contributed by atoms with Crippen molar-refractivity contribution < 1.29 is 4.79 Å². The molecule has 36 heavy (non-hydrogen) atoms. The predicted molar refractivity (Wildman–Crippen MR) is 150 cm³/mol. The SMILES string of the molecule is Cc1ccc(NC(=O)[C@@H](C)Sc2nc(-c3ccc(Cl)cc3)cc(-c3ccccc3Cl)c2C#N)cc1C. The van der Waals surface area contributed by atoms with E-state index in [-0.39, 0.29) is 5.91 Å². The molecule has 4 rings (SSSR count). The summed E-state index contributed by atoms with van der Waals surface area (Å²) in [6, 6.07) is 24.6. The highest BCUT2D eigenvalue weighted by Gasteiger charge is 2.22. The lowest BCUT2D eigenvalue weighted by Gasteiger charge is -2.16. The van der Waals surface area contributed by atoms with Crippen LogP contribution in [0.1, 0.15) is 23.6 Å². The average molecular weight is 532 g/mol. The molecule has 4 nitrogen and oxygen atoms in total. The lowest BCUT2D eigenvalue weighted by Crippen LogP contribution is -2.22. The van der Waals surface area contributed by atoms with Crippen LogP contribution in [-0.2, 0) is 4.79 Å². The Morgan fingerprint density at radius 3 is 2.36 bits per heavy atom. The summed E-state index contributed by atoms with van der Waals surface area (Å²) in [6.45, 7) is 5.83. The highest BCUT2D eigenvalue weighted by Crippen LogP contribution is 2.38. The van der Waals surface area contributed by atoms with E-state index < -0.39 is 5.25 Å². The molecule has 180 valence electrons. The number of pyridine rings is 1. The number of rotatable bonds is 6. The lowest BCUT2D eigenvalue weighted by atomic mass is 9.99. The molecule has 0 aliphatic carbocycles. The Labute approximate surface area is 225 Å². The number of carbonyl (C=O) groups is 1. The molecule has 0 fully saturated rings. The fourth-order valence-electron chi connectivity index (χ4n) is 3.66. The second-order valence-electron chi connectivity index (χ2n) is 8.38. The van der Waals surface area contributed by atoms with Gasteiger partial charge in [-0.3, -0.25) is 4.79 Å². The van der Waals surface area contributed by atoms with Gasteiger partial charge in [-0.25, -0.2) is 4.98 Å². The number of halogens is 2. The molecule has 0 aliphatic rings. The van der Waals surface area contributed by atoms with Gasteiger partial charge in [0.15, 0.2) is 0 Å². The van der Waals surface area contributed by atoms with Crippen LogP contribution in [0, 0.1) is 25.2 Å². The number of nitriles is 1. The molecule has 0 saturated carbocycles. The van der Waals surface area contributed by atoms with Crippen LogP contribution in [0.25, 0.3) is 22.4 Å². The molecule has 1 N–H and O–H groups in total. The van der Waals surface area contributed by atoms with E-state index in [1.54, 1.807) is 25.1 Å². The molecular weight excluding hydrogens is 509 g/mol. The van der Waals surface area contributed by atoms with Crippen LogP contribution < -0.4 is 5.32 Å². The van der Waals surface area contributed by atoms with Crippen molar-refractivity contribution in [1.82, 2.24) is 4.98 Å². The zero-order valence-corrected chi connectivity index (χ0v) is 22.3. The first-order valence-corrected chi connectivity index (χ1v) is 12.9. The minimum Gasteiger partial charge on any atom is -0.325 e. The number of amides is 1. The number of aromatic nitrogens is 1. The molecule has 1 heterocycles. The summed E-state index contributed by atoms with van der Waals surface area (Å²) in [5.41, 5.74) is 6.24. The first-order valence-electron chi connectivity index (χ1n) is 11.3. The number of anilines is 1. The zero-order valence-electron chi connectivity index (χ0n) is 20.0. The van der Waals surface area contributed by atoms with Crippen LogP contribution in [-0.4, -0.2) is 16.1 Å². The summed E-state index contributed by atoms with van der Waals surface area (Å²) in [5, 5.41) is 14.2. The summed E-state index contributed by atoms with van der Waals surface area (Å²) >= 11 is 13.8. The van der Waals surface area contributed by atoms with Crippen molar-refractivity contribution in [2.24, 2.45) is 0 Å². The van der Waals surface area contributed by atoms with Crippen LogP contribution in [0.3, 0.4) is 0 Å². The first kappa shape index (κ1) is 25.8. The quantitative estimate of drug-likeness (QED) is 0.254. The molecule has 3 aromatic carbocycles. The van der Waals surface area contributed by atoms with Gasteiger partial charge in [0, 0.05) is 32.4 Å². The smallest absolute Gasteiger partial charge is 0.237 e. The molecule has 1 atom stereocenters. The summed E-state index contributed by atoms with van der Waals surface area (Å²) in [6.07, 6.45) is 0. The maximum absolute atomic E-state index is 13.0. The number of carbonyl (C=O) groups excluding carboxylic acids is 1. The minimum atomic E-state index is -0.509. The van der Waals surface area contributed by atoms with Gasteiger partial charge in [0.05, 0.1) is 16.5 Å². The van der Waals surface area contributed by atoms with Gasteiger partial charge in [-0.1, -0.05) is 71.4 Å². The Morgan fingerprint density at radius 1 is 0.972 bits per heavy atom. The molecule has 0 spiro atoms. The van der Waals surface area contributed by atoms with Crippen LogP contribution in [0.4, 0.5) is 5.69 Å². The molecule has 7 heteroatoms. The Morgan fingerprint density at radius 2 is 1.69 bits per heavy atom. The van der Waals surface area contributed by atoms with Crippen molar-refractivity contribution in [2.45, 2.75) is 31.0 Å². The Hall–Kier alpha value is -3.30. The van der Waals surface area contributed by atoms with Gasteiger partial charge in [-0.2, -0.15) is 5.26 Å². The summed E-state index contributed by atoms with van der Waals surface area (Å²) in [4.78, 5) is 17.8. The van der Waals surface area contributed by atoms with E-state index in [0.29, 0.717) is 31.9 Å². The van der Waals surface area contributed by atoms with Crippen LogP contribution >= 0.6 is 35.0 Å². The van der Waals surface area contributed by atoms with Crippen molar-refractivity contribution in [2.75, 3.05) is 5.32 Å². The van der Waals surface area contributed by atoms with Gasteiger partial charge in [-0.05, 0) is 68.3 Å². The van der Waals surface area contributed by atoms with E-state index in [4.69, 9.17) is 28.2 Å². The Bertz CT molecular complexity index is 1480. The molecule has 0 unspecified atom stereocenters. The monoisotopic (exact) mass is 531 g/mol. The van der Waals surface area contributed by atoms with E-state index in [2.05, 4.69) is 11.4 Å². The number of hydrogen-bond acceptors (Lipinski definition) is 4. The van der Waals surface area contributed by atoms with Gasteiger partial charge in [0.25, 0.3) is 0 Å². The van der Waals surface area contributed by atoms with Gasteiger partial charge >= 0.3 is 0 Å². The fourth-order valence-corrected chi connectivity index (χ4v) is 4.95. The van der Waals surface area contributed by atoms with Gasteiger partial charge in [0.2, 0.25) is 5.91 Å². The molecular formula is C29H23Cl2N3OS. The van der Waals surface area contributed by atoms with E-state index in [9.17, 15) is 10.1 Å². The zero-order chi connectivity index (χ0) is 25.8. The standard InChI is InChI=1S/C29H23Cl2N3OS/c1-17-8-13-22(14-18(17)2)33-28(35)19(3)36-29-25(16-32)24(23-6-4-5-7-26(23)31)15-27(34-29)20-9-11-21(30)12-10-20/h4-15,19H,1-3H3,(H,33,35)/t19-/m1/s1. The average Bonchev–Trinajstić information content (AvgIpc) is 2.86. The molecule has 1 aromatic heterocycles. The third kappa shape index (κ3) is 5.74. The van der Waals surface area contributed by atoms with Crippen molar-refractivity contribution in [3.05, 3.63) is 99.5 Å². The van der Waals surface area contributed by atoms with Gasteiger partial charge in [0.1, 0.15) is 11.1 Å². The number of nitrogens with one attached hydrogen (secondary N) is 1. The van der Waals surface area contributed by atoms with Crippen molar-refractivity contribution in [3.63, 3.8) is 0 Å². The lowest BCUT2D eigenvalue weighted by molar-refractivity contribution is -0.115. The number of benzene rings is 3. The summed E-state index contributed by atoms with van der Waals surface area (Å²) in [5.74, 6) is -0.176. The second-order valence-corrected chi connectivity index (χ2v) is 10.6. The van der Waals surface area contributed by atoms with Gasteiger partial charge < -0.3 is 5.32 Å². The van der Waals surface area contributed by atoms with Crippen molar-refractivity contribution >= 4 is 46.6 Å². The number of aryl methyl sites for hydroxylation is 2. The first-order chi connectivity index (χ1) is 17.3. The maximum Gasteiger partial charge on any atom is 0.237 e. The number of hydrogen-bond donors (Lipinski definition) is 1. The highest BCUT2D eigenvalue weighted by atomic mass is 35.5. The largest absolute Gasteiger partial charge is 0.325 e. The van der Waals surface area contributed by atoms with Crippen LogP contribution in [0.2, 0.25) is 10.0 Å². The topological polar surface area (TPSA) is 65.8 Å². The molecule has 0 aliphatic heterocycles. The Kier molecular flexibility index (Phi) is 8.01. The molecule has 0 bridgehead atoms. The van der Waals surface area contributed by atoms with Gasteiger partial charge in [-0.15, -0.1) is 0 Å². The van der Waals surface area contributed by atoms with Crippen molar-refractivity contribution in [3.8, 4) is 28.5 Å². The maximum atomic E-state index is 13.0. The number of nitrogens with zero attached hydrogens (tertiary/aromatic N) is 2. The van der Waals surface area contributed by atoms with E-state index in [0.717, 1.165) is 27.9 Å². The molecule has 0 saturated heterocycles. The normalized spacial score (nSPS) is 11.6. The third-order valence-electron chi connectivity index (χ3n) is 5.83. The van der Waals surface area contributed by atoms with Crippen LogP contribution in [0.5, 0.6) is 0 Å². The third-order valence-corrected chi connectivity index (χ3v) is 7.50. The van der Waals surface area contributed by atoms with Crippen LogP contribution in [0.15, 0.2) is 77.8 Å². The highest BCUT2D eigenvalue weighted by molar-refractivity contribution is 8.00. The predicted octanol–water partition coefficient (Wildman–Crippen LogP) is 8.33.